The van der Waals surface area contributed by atoms with Gasteiger partial charge in [0, 0.05) is 21.5 Å². The Morgan fingerprint density at radius 1 is 1.05 bits per heavy atom. The molecule has 3 heteroatoms. The van der Waals surface area contributed by atoms with Crippen LogP contribution in [0.4, 0.5) is 0 Å². The smallest absolute Gasteiger partial charge is 0.0320 e. The maximum absolute atomic E-state index is 3.76. The highest BCUT2D eigenvalue weighted by Crippen LogP contribution is 2.45. The van der Waals surface area contributed by atoms with Gasteiger partial charge in [0.15, 0.2) is 0 Å². The van der Waals surface area contributed by atoms with Crippen LogP contribution in [0.1, 0.15) is 52.5 Å². The number of halogens is 2. The van der Waals surface area contributed by atoms with Crippen LogP contribution in [0.3, 0.4) is 0 Å². The molecule has 112 valence electrons. The molecular weight excluding hydrogens is 378 g/mol. The van der Waals surface area contributed by atoms with E-state index in [1.54, 1.807) is 0 Å². The SMILES string of the molecule is CC1(C)CC(NCc2ccc(Br)c(Br)c2)CC(C)(C)C1. The minimum Gasteiger partial charge on any atom is -0.310 e. The molecule has 20 heavy (non-hydrogen) atoms. The van der Waals surface area contributed by atoms with Crippen molar-refractivity contribution in [1.82, 2.24) is 5.32 Å². The molecule has 0 amide bonds. The Morgan fingerprint density at radius 2 is 1.65 bits per heavy atom. The van der Waals surface area contributed by atoms with E-state index in [1.165, 1.54) is 24.8 Å². The molecular formula is C17H25Br2N. The van der Waals surface area contributed by atoms with E-state index in [0.717, 1.165) is 15.5 Å². The largest absolute Gasteiger partial charge is 0.310 e. The summed E-state index contributed by atoms with van der Waals surface area (Å²) in [6.07, 6.45) is 3.87. The van der Waals surface area contributed by atoms with E-state index in [9.17, 15) is 0 Å². The van der Waals surface area contributed by atoms with Crippen LogP contribution < -0.4 is 5.32 Å². The lowest BCUT2D eigenvalue weighted by atomic mass is 9.63. The van der Waals surface area contributed by atoms with E-state index < -0.39 is 0 Å². The number of hydrogen-bond acceptors (Lipinski definition) is 1. The molecule has 0 bridgehead atoms. The third kappa shape index (κ3) is 4.57. The zero-order valence-corrected chi connectivity index (χ0v) is 16.1. The van der Waals surface area contributed by atoms with Crippen LogP contribution in [0.25, 0.3) is 0 Å². The van der Waals surface area contributed by atoms with E-state index in [0.29, 0.717) is 16.9 Å². The van der Waals surface area contributed by atoms with Gasteiger partial charge < -0.3 is 5.32 Å². The Labute approximate surface area is 140 Å². The predicted molar refractivity (Wildman–Crippen MR) is 93.9 cm³/mol. The van der Waals surface area contributed by atoms with Gasteiger partial charge in [0.05, 0.1) is 0 Å². The van der Waals surface area contributed by atoms with Gasteiger partial charge in [-0.05, 0) is 79.6 Å². The maximum Gasteiger partial charge on any atom is 0.0320 e. The lowest BCUT2D eigenvalue weighted by Gasteiger charge is -2.45. The Bertz CT molecular complexity index is 464. The molecule has 0 radical (unpaired) electrons. The van der Waals surface area contributed by atoms with Crippen molar-refractivity contribution in [2.24, 2.45) is 10.8 Å². The van der Waals surface area contributed by atoms with Gasteiger partial charge in [-0.1, -0.05) is 33.8 Å². The van der Waals surface area contributed by atoms with Crippen molar-refractivity contribution < 1.29 is 0 Å². The summed E-state index contributed by atoms with van der Waals surface area (Å²) in [6, 6.07) is 7.10. The monoisotopic (exact) mass is 401 g/mol. The number of nitrogens with one attached hydrogen (secondary N) is 1. The topological polar surface area (TPSA) is 12.0 Å². The number of hydrogen-bond donors (Lipinski definition) is 1. The second-order valence-corrected chi connectivity index (χ2v) is 9.45. The summed E-state index contributed by atoms with van der Waals surface area (Å²) >= 11 is 7.09. The Kier molecular flexibility index (Phi) is 5.03. The molecule has 1 aromatic carbocycles. The quantitative estimate of drug-likeness (QED) is 0.662. The molecule has 2 rings (SSSR count). The lowest BCUT2D eigenvalue weighted by Crippen LogP contribution is -2.43. The summed E-state index contributed by atoms with van der Waals surface area (Å²) in [5, 5.41) is 3.76. The first-order valence-corrected chi connectivity index (χ1v) is 8.93. The molecule has 1 fully saturated rings. The molecule has 0 aliphatic heterocycles. The van der Waals surface area contributed by atoms with Crippen LogP contribution in [-0.2, 0) is 6.54 Å². The van der Waals surface area contributed by atoms with E-state index in [1.807, 2.05) is 0 Å². The third-order valence-corrected chi connectivity index (χ3v) is 6.01. The maximum atomic E-state index is 3.76. The van der Waals surface area contributed by atoms with Gasteiger partial charge >= 0.3 is 0 Å². The molecule has 1 aromatic rings. The Balaban J connectivity index is 1.98. The van der Waals surface area contributed by atoms with Crippen LogP contribution in [-0.4, -0.2) is 6.04 Å². The summed E-state index contributed by atoms with van der Waals surface area (Å²) in [5.74, 6) is 0. The second-order valence-electron chi connectivity index (χ2n) is 7.74. The molecule has 0 unspecified atom stereocenters. The fraction of sp³-hybridized carbons (Fsp3) is 0.647. The van der Waals surface area contributed by atoms with Gasteiger partial charge in [-0.3, -0.25) is 0 Å². The summed E-state index contributed by atoms with van der Waals surface area (Å²) in [5.41, 5.74) is 2.22. The minimum atomic E-state index is 0.444. The summed E-state index contributed by atoms with van der Waals surface area (Å²) in [4.78, 5) is 0. The molecule has 1 N–H and O–H groups in total. The summed E-state index contributed by atoms with van der Waals surface area (Å²) < 4.78 is 2.24. The van der Waals surface area contributed by atoms with Crippen molar-refractivity contribution in [2.75, 3.05) is 0 Å². The molecule has 0 atom stereocenters. The van der Waals surface area contributed by atoms with E-state index in [4.69, 9.17) is 0 Å². The lowest BCUT2D eigenvalue weighted by molar-refractivity contribution is 0.0845. The summed E-state index contributed by atoms with van der Waals surface area (Å²) in [7, 11) is 0. The third-order valence-electron chi connectivity index (χ3n) is 4.13. The van der Waals surface area contributed by atoms with Crippen LogP contribution in [0.2, 0.25) is 0 Å². The average Bonchev–Trinajstić information content (AvgIpc) is 2.27. The predicted octanol–water partition coefficient (Wildman–Crippen LogP) is 5.91. The fourth-order valence-corrected chi connectivity index (χ4v) is 4.58. The van der Waals surface area contributed by atoms with Crippen molar-refractivity contribution in [3.05, 3.63) is 32.7 Å². The van der Waals surface area contributed by atoms with E-state index >= 15 is 0 Å². The molecule has 0 aromatic heterocycles. The van der Waals surface area contributed by atoms with Crippen molar-refractivity contribution in [3.63, 3.8) is 0 Å². The molecule has 1 saturated carbocycles. The standard InChI is InChI=1S/C17H25Br2N/c1-16(2)8-13(9-17(3,4)11-16)20-10-12-5-6-14(18)15(19)7-12/h5-7,13,20H,8-11H2,1-4H3. The van der Waals surface area contributed by atoms with Crippen molar-refractivity contribution in [1.29, 1.82) is 0 Å². The average molecular weight is 403 g/mol. The molecule has 0 saturated heterocycles. The number of rotatable bonds is 3. The van der Waals surface area contributed by atoms with Gasteiger partial charge in [-0.15, -0.1) is 0 Å². The number of benzene rings is 1. The Hall–Kier alpha value is 0.140. The summed E-state index contributed by atoms with van der Waals surface area (Å²) in [6.45, 7) is 10.6. The van der Waals surface area contributed by atoms with E-state index in [2.05, 4.69) is 83.1 Å². The molecule has 1 aliphatic rings. The van der Waals surface area contributed by atoms with Gasteiger partial charge in [0.2, 0.25) is 0 Å². The van der Waals surface area contributed by atoms with Crippen molar-refractivity contribution in [3.8, 4) is 0 Å². The van der Waals surface area contributed by atoms with Crippen LogP contribution in [0.15, 0.2) is 27.1 Å². The first-order valence-electron chi connectivity index (χ1n) is 7.34. The van der Waals surface area contributed by atoms with Crippen LogP contribution in [0, 0.1) is 10.8 Å². The highest BCUT2D eigenvalue weighted by molar-refractivity contribution is 9.13. The molecule has 1 nitrogen and oxygen atoms in total. The highest BCUT2D eigenvalue weighted by atomic mass is 79.9. The second kappa shape index (κ2) is 6.10. The van der Waals surface area contributed by atoms with E-state index in [-0.39, 0.29) is 0 Å². The van der Waals surface area contributed by atoms with Gasteiger partial charge in [-0.25, -0.2) is 0 Å². The van der Waals surface area contributed by atoms with Crippen LogP contribution in [0.5, 0.6) is 0 Å². The molecule has 0 heterocycles. The normalized spacial score (nSPS) is 21.9. The van der Waals surface area contributed by atoms with Crippen molar-refractivity contribution in [2.45, 2.75) is 59.5 Å². The fourth-order valence-electron chi connectivity index (χ4n) is 3.90. The minimum absolute atomic E-state index is 0.444. The first-order chi connectivity index (χ1) is 9.17. The molecule has 1 aliphatic carbocycles. The first kappa shape index (κ1) is 16.5. The highest BCUT2D eigenvalue weighted by Gasteiger charge is 2.38. The van der Waals surface area contributed by atoms with Gasteiger partial charge in [0.1, 0.15) is 0 Å². The Morgan fingerprint density at radius 3 is 2.20 bits per heavy atom. The zero-order valence-electron chi connectivity index (χ0n) is 12.9. The van der Waals surface area contributed by atoms with Gasteiger partial charge in [-0.2, -0.15) is 0 Å². The van der Waals surface area contributed by atoms with Crippen molar-refractivity contribution >= 4 is 31.9 Å². The molecule has 0 spiro atoms. The van der Waals surface area contributed by atoms with Crippen LogP contribution >= 0.6 is 31.9 Å². The van der Waals surface area contributed by atoms with Gasteiger partial charge in [0.25, 0.3) is 0 Å². The zero-order chi connectivity index (χ0) is 15.0.